The first-order chi connectivity index (χ1) is 11.3. The zero-order chi connectivity index (χ0) is 18.2. The van der Waals surface area contributed by atoms with E-state index in [1.165, 1.54) is 42.6 Å². The summed E-state index contributed by atoms with van der Waals surface area (Å²) in [7, 11) is 0. The second-order valence-corrected chi connectivity index (χ2v) is 9.49. The van der Waals surface area contributed by atoms with Gasteiger partial charge in [0.05, 0.1) is 0 Å². The van der Waals surface area contributed by atoms with Crippen molar-refractivity contribution in [2.45, 2.75) is 72.0 Å². The molecule has 0 aromatic carbocycles. The summed E-state index contributed by atoms with van der Waals surface area (Å²) in [5.74, 6) is 2.57. The number of hydrogen-bond acceptors (Lipinski definition) is 1. The average Bonchev–Trinajstić information content (AvgIpc) is 3.04. The van der Waals surface area contributed by atoms with Crippen LogP contribution in [0.1, 0.15) is 66.7 Å². The van der Waals surface area contributed by atoms with Gasteiger partial charge in [-0.1, -0.05) is 58.6 Å². The van der Waals surface area contributed by atoms with Crippen molar-refractivity contribution < 1.29 is 0 Å². The van der Waals surface area contributed by atoms with Gasteiger partial charge < -0.3 is 0 Å². The van der Waals surface area contributed by atoms with E-state index in [4.69, 9.17) is 0 Å². The van der Waals surface area contributed by atoms with Crippen molar-refractivity contribution >= 4 is 11.8 Å². The highest BCUT2D eigenvalue weighted by Gasteiger charge is 2.28. The first kappa shape index (κ1) is 21.4. The third-order valence-corrected chi connectivity index (χ3v) is 6.71. The maximum atomic E-state index is 4.17. The van der Waals surface area contributed by atoms with Crippen molar-refractivity contribution in [3.05, 3.63) is 48.6 Å². The molecule has 0 amide bonds. The largest absolute Gasteiger partial charge is 0.154 e. The van der Waals surface area contributed by atoms with Crippen molar-refractivity contribution in [1.82, 2.24) is 0 Å². The van der Waals surface area contributed by atoms with E-state index in [-0.39, 0.29) is 0 Å². The lowest BCUT2D eigenvalue weighted by molar-refractivity contribution is 0.196. The van der Waals surface area contributed by atoms with E-state index in [1.807, 2.05) is 0 Å². The fourth-order valence-electron chi connectivity index (χ4n) is 3.77. The molecule has 0 bridgehead atoms. The summed E-state index contributed by atoms with van der Waals surface area (Å²) < 4.78 is 0. The van der Waals surface area contributed by atoms with Crippen LogP contribution in [0.5, 0.6) is 0 Å². The predicted molar refractivity (Wildman–Crippen MR) is 114 cm³/mol. The Morgan fingerprint density at radius 3 is 2.46 bits per heavy atom. The molecular formula is C23H38S. The van der Waals surface area contributed by atoms with Crippen LogP contribution in [-0.2, 0) is 0 Å². The second kappa shape index (κ2) is 10.3. The van der Waals surface area contributed by atoms with Gasteiger partial charge in [0.15, 0.2) is 0 Å². The van der Waals surface area contributed by atoms with E-state index in [0.717, 1.165) is 6.42 Å². The molecule has 1 aliphatic rings. The molecule has 0 nitrogen and oxygen atoms in total. The minimum absolute atomic E-state index is 0.340. The highest BCUT2D eigenvalue weighted by atomic mass is 32.2. The number of allylic oxidation sites excluding steroid dienone is 5. The Morgan fingerprint density at radius 1 is 1.29 bits per heavy atom. The van der Waals surface area contributed by atoms with Crippen LogP contribution in [0, 0.1) is 17.3 Å². The molecule has 0 aromatic rings. The number of thioether (sulfide) groups is 1. The fourth-order valence-corrected chi connectivity index (χ4v) is 5.12. The summed E-state index contributed by atoms with van der Waals surface area (Å²) in [4.78, 5) is 0. The van der Waals surface area contributed by atoms with Crippen molar-refractivity contribution in [1.29, 1.82) is 0 Å². The molecule has 24 heavy (non-hydrogen) atoms. The fraction of sp³-hybridized carbons (Fsp3) is 0.652. The Kier molecular flexibility index (Phi) is 9.19. The topological polar surface area (TPSA) is 0 Å². The maximum absolute atomic E-state index is 4.17. The predicted octanol–water partition coefficient (Wildman–Crippen LogP) is 7.60. The highest BCUT2D eigenvalue weighted by molar-refractivity contribution is 8.00. The van der Waals surface area contributed by atoms with Gasteiger partial charge in [-0.05, 0) is 73.2 Å². The quantitative estimate of drug-likeness (QED) is 0.306. The van der Waals surface area contributed by atoms with E-state index in [0.29, 0.717) is 22.5 Å². The molecule has 1 rings (SSSR count). The van der Waals surface area contributed by atoms with E-state index < -0.39 is 0 Å². The number of hydrogen-bond donors (Lipinski definition) is 0. The van der Waals surface area contributed by atoms with E-state index in [2.05, 4.69) is 83.8 Å². The van der Waals surface area contributed by atoms with Gasteiger partial charge in [-0.15, -0.1) is 6.58 Å². The molecule has 1 aliphatic heterocycles. The second-order valence-electron chi connectivity index (χ2n) is 8.18. The molecule has 0 aliphatic carbocycles. The van der Waals surface area contributed by atoms with Crippen LogP contribution in [0.3, 0.4) is 0 Å². The molecule has 0 N–H and O–H groups in total. The highest BCUT2D eigenvalue weighted by Crippen LogP contribution is 2.40. The van der Waals surface area contributed by atoms with E-state index in [1.54, 1.807) is 0 Å². The van der Waals surface area contributed by atoms with Crippen molar-refractivity contribution in [3.8, 4) is 0 Å². The molecule has 0 aromatic heterocycles. The standard InChI is InChI=1S/C23H38S/c1-8-11-14-19(23(5,6)7)17-18(4)20(10-3)21(13-9-2)22-15-12-16-24-22/h8-10,13,18-19,22H,1,3,11-12,14-17H2,2,4-7H3/b13-9-,21-20-. The molecule has 0 saturated carbocycles. The Hall–Kier alpha value is -0.690. The molecule has 3 unspecified atom stereocenters. The smallest absolute Gasteiger partial charge is 0.0300 e. The van der Waals surface area contributed by atoms with Crippen LogP contribution in [0.15, 0.2) is 48.6 Å². The van der Waals surface area contributed by atoms with Crippen molar-refractivity contribution in [2.75, 3.05) is 5.75 Å². The average molecular weight is 347 g/mol. The molecule has 1 fully saturated rings. The monoisotopic (exact) mass is 346 g/mol. The van der Waals surface area contributed by atoms with Crippen LogP contribution in [0.4, 0.5) is 0 Å². The lowest BCUT2D eigenvalue weighted by Crippen LogP contribution is -2.23. The number of rotatable bonds is 9. The van der Waals surface area contributed by atoms with Gasteiger partial charge in [0.25, 0.3) is 0 Å². The summed E-state index contributed by atoms with van der Waals surface area (Å²) >= 11 is 2.12. The lowest BCUT2D eigenvalue weighted by atomic mass is 9.72. The SMILES string of the molecule is C=CCCC(CC(C)/C(C=C)=C(/C=C\C)C1CCCS1)C(C)(C)C. The van der Waals surface area contributed by atoms with Gasteiger partial charge in [-0.25, -0.2) is 0 Å². The Morgan fingerprint density at radius 2 is 2.00 bits per heavy atom. The van der Waals surface area contributed by atoms with Gasteiger partial charge in [-0.2, -0.15) is 11.8 Å². The van der Waals surface area contributed by atoms with Gasteiger partial charge in [0.1, 0.15) is 0 Å². The third kappa shape index (κ3) is 6.31. The Bertz CT molecular complexity index is 455. The van der Waals surface area contributed by atoms with Crippen molar-refractivity contribution in [2.24, 2.45) is 17.3 Å². The van der Waals surface area contributed by atoms with Gasteiger partial charge >= 0.3 is 0 Å². The van der Waals surface area contributed by atoms with E-state index >= 15 is 0 Å². The summed E-state index contributed by atoms with van der Waals surface area (Å²) in [6.07, 6.45) is 15.0. The summed E-state index contributed by atoms with van der Waals surface area (Å²) in [6.45, 7) is 19.7. The van der Waals surface area contributed by atoms with Gasteiger partial charge in [-0.3, -0.25) is 0 Å². The molecule has 1 heteroatoms. The third-order valence-electron chi connectivity index (χ3n) is 5.29. The van der Waals surface area contributed by atoms with Crippen LogP contribution in [-0.4, -0.2) is 11.0 Å². The molecule has 136 valence electrons. The summed E-state index contributed by atoms with van der Waals surface area (Å²) in [5, 5.41) is 0.665. The maximum Gasteiger partial charge on any atom is 0.0300 e. The van der Waals surface area contributed by atoms with Crippen LogP contribution >= 0.6 is 11.8 Å². The van der Waals surface area contributed by atoms with Crippen molar-refractivity contribution in [3.63, 3.8) is 0 Å². The minimum atomic E-state index is 0.340. The summed E-state index contributed by atoms with van der Waals surface area (Å²) in [5.41, 5.74) is 3.34. The molecule has 0 radical (unpaired) electrons. The molecule has 3 atom stereocenters. The van der Waals surface area contributed by atoms with Crippen LogP contribution in [0.2, 0.25) is 0 Å². The Labute approximate surface area is 155 Å². The molecular weight excluding hydrogens is 308 g/mol. The first-order valence-corrected chi connectivity index (χ1v) is 10.6. The van der Waals surface area contributed by atoms with Crippen LogP contribution < -0.4 is 0 Å². The molecule has 1 saturated heterocycles. The zero-order valence-corrected chi connectivity index (χ0v) is 17.4. The van der Waals surface area contributed by atoms with Gasteiger partial charge in [0.2, 0.25) is 0 Å². The summed E-state index contributed by atoms with van der Waals surface area (Å²) in [6, 6.07) is 0. The first-order valence-electron chi connectivity index (χ1n) is 9.56. The minimum Gasteiger partial charge on any atom is -0.154 e. The normalized spacial score (nSPS) is 22.3. The zero-order valence-electron chi connectivity index (χ0n) is 16.6. The molecule has 0 spiro atoms. The van der Waals surface area contributed by atoms with Gasteiger partial charge in [0, 0.05) is 5.25 Å². The van der Waals surface area contributed by atoms with Crippen LogP contribution in [0.25, 0.3) is 0 Å². The Balaban J connectivity index is 3.03. The molecule has 1 heterocycles. The van der Waals surface area contributed by atoms with E-state index in [9.17, 15) is 0 Å². The lowest BCUT2D eigenvalue weighted by Gasteiger charge is -2.34.